The van der Waals surface area contributed by atoms with Crippen molar-refractivity contribution in [2.75, 3.05) is 0 Å². The maximum absolute atomic E-state index is 2.22. The zero-order chi connectivity index (χ0) is 7.61. The van der Waals surface area contributed by atoms with Gasteiger partial charge in [-0.1, -0.05) is 51.1 Å². The second-order valence-electron chi connectivity index (χ2n) is 3.62. The first kappa shape index (κ1) is 11.0. The molecule has 0 fully saturated rings. The van der Waals surface area contributed by atoms with Crippen LogP contribution in [0.5, 0.6) is 0 Å². The standard InChI is InChI=1S/C10H14.Ag/c1-10(2,3)9-7-5-4-6-8-9;/h4-8H,1-3H3;. The minimum Gasteiger partial charge on any atom is -0.0622 e. The third-order valence-corrected chi connectivity index (χ3v) is 1.64. The van der Waals surface area contributed by atoms with E-state index in [1.54, 1.807) is 0 Å². The molecule has 0 spiro atoms. The van der Waals surface area contributed by atoms with Gasteiger partial charge < -0.3 is 0 Å². The van der Waals surface area contributed by atoms with Crippen molar-refractivity contribution in [1.82, 2.24) is 0 Å². The van der Waals surface area contributed by atoms with Crippen molar-refractivity contribution in [2.45, 2.75) is 26.2 Å². The molecule has 0 aliphatic carbocycles. The molecular weight excluding hydrogens is 228 g/mol. The summed E-state index contributed by atoms with van der Waals surface area (Å²) in [5, 5.41) is 0. The minimum atomic E-state index is 0. The molecule has 0 amide bonds. The topological polar surface area (TPSA) is 0 Å². The van der Waals surface area contributed by atoms with Crippen molar-refractivity contribution >= 4 is 0 Å². The van der Waals surface area contributed by atoms with Crippen LogP contribution < -0.4 is 0 Å². The summed E-state index contributed by atoms with van der Waals surface area (Å²) in [6.45, 7) is 6.67. The van der Waals surface area contributed by atoms with Gasteiger partial charge in [-0.05, 0) is 11.0 Å². The van der Waals surface area contributed by atoms with E-state index in [1.165, 1.54) is 5.56 Å². The molecule has 0 saturated carbocycles. The molecular formula is C10H14Ag. The van der Waals surface area contributed by atoms with Crippen molar-refractivity contribution in [1.29, 1.82) is 0 Å². The average molecular weight is 242 g/mol. The molecule has 0 nitrogen and oxygen atoms in total. The second kappa shape index (κ2) is 4.10. The summed E-state index contributed by atoms with van der Waals surface area (Å²) in [7, 11) is 0. The first-order valence-electron chi connectivity index (χ1n) is 3.66. The maximum Gasteiger partial charge on any atom is 0 e. The van der Waals surface area contributed by atoms with Gasteiger partial charge in [-0.25, -0.2) is 0 Å². The molecule has 0 N–H and O–H groups in total. The van der Waals surface area contributed by atoms with Crippen LogP contribution >= 0.6 is 0 Å². The zero-order valence-electron chi connectivity index (χ0n) is 7.19. The van der Waals surface area contributed by atoms with Crippen molar-refractivity contribution in [2.24, 2.45) is 0 Å². The summed E-state index contributed by atoms with van der Waals surface area (Å²) in [6, 6.07) is 10.6. The molecule has 11 heavy (non-hydrogen) atoms. The molecule has 0 aromatic heterocycles. The van der Waals surface area contributed by atoms with Crippen LogP contribution in [-0.2, 0) is 27.8 Å². The fraction of sp³-hybridized carbons (Fsp3) is 0.400. The van der Waals surface area contributed by atoms with E-state index in [4.69, 9.17) is 0 Å². The number of hydrogen-bond donors (Lipinski definition) is 0. The van der Waals surface area contributed by atoms with Gasteiger partial charge in [0.2, 0.25) is 0 Å². The number of benzene rings is 1. The largest absolute Gasteiger partial charge is 0.0622 e. The molecule has 0 heterocycles. The first-order chi connectivity index (χ1) is 4.61. The van der Waals surface area contributed by atoms with Crippen molar-refractivity contribution < 1.29 is 22.4 Å². The third kappa shape index (κ3) is 3.24. The quantitative estimate of drug-likeness (QED) is 0.613. The smallest absolute Gasteiger partial charge is 0 e. The molecule has 1 radical (unpaired) electrons. The molecule has 1 aromatic rings. The van der Waals surface area contributed by atoms with E-state index in [1.807, 2.05) is 0 Å². The van der Waals surface area contributed by atoms with Gasteiger partial charge in [0.25, 0.3) is 0 Å². The van der Waals surface area contributed by atoms with Gasteiger partial charge in [-0.3, -0.25) is 0 Å². The molecule has 0 aliphatic rings. The number of rotatable bonds is 0. The molecule has 0 aliphatic heterocycles. The van der Waals surface area contributed by atoms with E-state index >= 15 is 0 Å². The van der Waals surface area contributed by atoms with Gasteiger partial charge in [0.1, 0.15) is 0 Å². The summed E-state index contributed by atoms with van der Waals surface area (Å²) in [5.41, 5.74) is 1.69. The second-order valence-corrected chi connectivity index (χ2v) is 3.62. The van der Waals surface area contributed by atoms with Crippen LogP contribution in [0.25, 0.3) is 0 Å². The number of hydrogen-bond acceptors (Lipinski definition) is 0. The maximum atomic E-state index is 2.22. The van der Waals surface area contributed by atoms with Crippen molar-refractivity contribution in [3.05, 3.63) is 35.9 Å². The fourth-order valence-electron chi connectivity index (χ4n) is 0.938. The Morgan fingerprint density at radius 1 is 0.909 bits per heavy atom. The summed E-state index contributed by atoms with van der Waals surface area (Å²) in [6.07, 6.45) is 0. The Morgan fingerprint density at radius 3 is 1.64 bits per heavy atom. The van der Waals surface area contributed by atoms with Crippen molar-refractivity contribution in [3.8, 4) is 0 Å². The first-order valence-corrected chi connectivity index (χ1v) is 3.66. The normalized spacial score (nSPS) is 10.5. The predicted octanol–water partition coefficient (Wildman–Crippen LogP) is 2.98. The molecule has 1 rings (SSSR count). The Balaban J connectivity index is 0.000001000. The van der Waals surface area contributed by atoms with Crippen LogP contribution in [0.15, 0.2) is 30.3 Å². The Labute approximate surface area is 84.5 Å². The van der Waals surface area contributed by atoms with Crippen LogP contribution in [0.1, 0.15) is 26.3 Å². The van der Waals surface area contributed by atoms with Crippen LogP contribution in [-0.4, -0.2) is 0 Å². The monoisotopic (exact) mass is 241 g/mol. The van der Waals surface area contributed by atoms with Gasteiger partial charge in [-0.2, -0.15) is 0 Å². The Bertz CT molecular complexity index is 196. The summed E-state index contributed by atoms with van der Waals surface area (Å²) >= 11 is 0. The molecule has 0 atom stereocenters. The van der Waals surface area contributed by atoms with Gasteiger partial charge in [0.15, 0.2) is 0 Å². The molecule has 0 saturated heterocycles. The SMILES string of the molecule is CC(C)(C)c1ccccc1.[Ag]. The Kier molecular flexibility index (Phi) is 4.09. The van der Waals surface area contributed by atoms with E-state index in [0.717, 1.165) is 0 Å². The zero-order valence-corrected chi connectivity index (χ0v) is 8.67. The van der Waals surface area contributed by atoms with E-state index in [-0.39, 0.29) is 22.4 Å². The predicted molar refractivity (Wildman–Crippen MR) is 45.1 cm³/mol. The fourth-order valence-corrected chi connectivity index (χ4v) is 0.938. The average Bonchev–Trinajstić information content (AvgIpc) is 1.88. The summed E-state index contributed by atoms with van der Waals surface area (Å²) in [5.74, 6) is 0. The summed E-state index contributed by atoms with van der Waals surface area (Å²) in [4.78, 5) is 0. The van der Waals surface area contributed by atoms with E-state index in [0.29, 0.717) is 5.41 Å². The third-order valence-electron chi connectivity index (χ3n) is 1.64. The molecule has 1 heteroatoms. The van der Waals surface area contributed by atoms with Gasteiger partial charge in [0, 0.05) is 22.4 Å². The Morgan fingerprint density at radius 2 is 1.36 bits per heavy atom. The van der Waals surface area contributed by atoms with E-state index < -0.39 is 0 Å². The van der Waals surface area contributed by atoms with Gasteiger partial charge >= 0.3 is 0 Å². The molecule has 1 aromatic carbocycles. The molecule has 0 bridgehead atoms. The van der Waals surface area contributed by atoms with Crippen molar-refractivity contribution in [3.63, 3.8) is 0 Å². The molecule has 65 valence electrons. The minimum absolute atomic E-state index is 0. The molecule has 0 unspecified atom stereocenters. The van der Waals surface area contributed by atoms with E-state index in [2.05, 4.69) is 51.1 Å². The van der Waals surface area contributed by atoms with Gasteiger partial charge in [-0.15, -0.1) is 0 Å². The van der Waals surface area contributed by atoms with Crippen LogP contribution in [0, 0.1) is 0 Å². The van der Waals surface area contributed by atoms with E-state index in [9.17, 15) is 0 Å². The Hall–Kier alpha value is -0.0397. The van der Waals surface area contributed by atoms with Gasteiger partial charge in [0.05, 0.1) is 0 Å². The van der Waals surface area contributed by atoms with Crippen LogP contribution in [0.2, 0.25) is 0 Å². The summed E-state index contributed by atoms with van der Waals surface area (Å²) < 4.78 is 0. The van der Waals surface area contributed by atoms with Crippen LogP contribution in [0.3, 0.4) is 0 Å². The van der Waals surface area contributed by atoms with Crippen LogP contribution in [0.4, 0.5) is 0 Å².